The molecule has 0 N–H and O–H groups in total. The highest BCUT2D eigenvalue weighted by Gasteiger charge is 2.32. The van der Waals surface area contributed by atoms with E-state index in [1.54, 1.807) is 19.2 Å². The molecule has 28 heavy (non-hydrogen) atoms. The van der Waals surface area contributed by atoms with Crippen LogP contribution in [0.1, 0.15) is 23.6 Å². The zero-order valence-electron chi connectivity index (χ0n) is 15.1. The van der Waals surface area contributed by atoms with Crippen LogP contribution in [0.4, 0.5) is 5.69 Å². The monoisotopic (exact) mass is 430 g/mol. The number of halogens is 3. The molecular weight excluding hydrogens is 415 g/mol. The third-order valence-electron chi connectivity index (χ3n) is 4.74. The number of rotatable bonds is 4. The van der Waals surface area contributed by atoms with E-state index in [2.05, 4.69) is 6.07 Å². The first-order valence-corrected chi connectivity index (χ1v) is 9.91. The Morgan fingerprint density at radius 2 is 1.64 bits per heavy atom. The molecule has 1 aliphatic rings. The number of methoxy groups -OCH3 is 1. The molecule has 3 aromatic carbocycles. The first-order valence-electron chi connectivity index (χ1n) is 8.77. The van der Waals surface area contributed by atoms with Gasteiger partial charge in [0.15, 0.2) is 0 Å². The molecule has 3 nitrogen and oxygen atoms in total. The van der Waals surface area contributed by atoms with E-state index in [-0.39, 0.29) is 6.04 Å². The SMILES string of the molecule is COc1ccccc1C1CC(c2ccc(Cl)cc2)=NN1c1cc(Cl)ccc1Cl. The van der Waals surface area contributed by atoms with Crippen LogP contribution >= 0.6 is 34.8 Å². The summed E-state index contributed by atoms with van der Waals surface area (Å²) in [7, 11) is 1.67. The Morgan fingerprint density at radius 1 is 0.929 bits per heavy atom. The maximum Gasteiger partial charge on any atom is 0.124 e. The van der Waals surface area contributed by atoms with E-state index in [0.29, 0.717) is 21.5 Å². The third-order valence-corrected chi connectivity index (χ3v) is 5.55. The molecule has 0 saturated heterocycles. The smallest absolute Gasteiger partial charge is 0.124 e. The number of nitrogens with zero attached hydrogens (tertiary/aromatic N) is 2. The van der Waals surface area contributed by atoms with E-state index >= 15 is 0 Å². The van der Waals surface area contributed by atoms with E-state index in [1.165, 1.54) is 0 Å². The molecular formula is C22H17Cl3N2O. The van der Waals surface area contributed by atoms with Crippen LogP contribution in [0, 0.1) is 0 Å². The number of hydrogen-bond acceptors (Lipinski definition) is 3. The highest BCUT2D eigenvalue weighted by Crippen LogP contribution is 2.43. The van der Waals surface area contributed by atoms with Crippen LogP contribution < -0.4 is 9.75 Å². The van der Waals surface area contributed by atoms with Crippen molar-refractivity contribution in [3.8, 4) is 5.75 Å². The van der Waals surface area contributed by atoms with Gasteiger partial charge in [-0.05, 0) is 42.0 Å². The first kappa shape index (κ1) is 19.1. The van der Waals surface area contributed by atoms with Crippen LogP contribution in [-0.4, -0.2) is 12.8 Å². The molecule has 0 amide bonds. The van der Waals surface area contributed by atoms with Crippen molar-refractivity contribution in [1.29, 1.82) is 0 Å². The van der Waals surface area contributed by atoms with Crippen molar-refractivity contribution in [2.75, 3.05) is 12.1 Å². The van der Waals surface area contributed by atoms with E-state index < -0.39 is 0 Å². The molecule has 4 rings (SSSR count). The first-order chi connectivity index (χ1) is 13.6. The molecule has 3 aromatic rings. The number of benzene rings is 3. The average Bonchev–Trinajstić information content (AvgIpc) is 3.15. The quantitative estimate of drug-likeness (QED) is 0.444. The van der Waals surface area contributed by atoms with Crippen LogP contribution in [0.25, 0.3) is 0 Å². The second-order valence-corrected chi connectivity index (χ2v) is 7.74. The summed E-state index contributed by atoms with van der Waals surface area (Å²) in [5.74, 6) is 0.809. The molecule has 142 valence electrons. The highest BCUT2D eigenvalue weighted by molar-refractivity contribution is 6.35. The Kier molecular flexibility index (Phi) is 5.49. The number of para-hydroxylation sites is 1. The largest absolute Gasteiger partial charge is 0.496 e. The highest BCUT2D eigenvalue weighted by atomic mass is 35.5. The standard InChI is InChI=1S/C22H17Cl3N2O/c1-28-22-5-3-2-4-17(22)20-13-19(14-6-8-15(23)9-7-14)26-27(20)21-12-16(24)10-11-18(21)25/h2-12,20H,13H2,1H3. The lowest BCUT2D eigenvalue weighted by atomic mass is 9.97. The second kappa shape index (κ2) is 8.04. The van der Waals surface area contributed by atoms with Crippen LogP contribution in [0.2, 0.25) is 15.1 Å². The molecule has 0 aromatic heterocycles. The number of anilines is 1. The number of ether oxygens (including phenoxy) is 1. The minimum Gasteiger partial charge on any atom is -0.496 e. The molecule has 0 aliphatic carbocycles. The van der Waals surface area contributed by atoms with Crippen molar-refractivity contribution < 1.29 is 4.74 Å². The fourth-order valence-corrected chi connectivity index (χ4v) is 3.89. The maximum atomic E-state index is 6.50. The van der Waals surface area contributed by atoms with Crippen LogP contribution in [0.5, 0.6) is 5.75 Å². The number of hydrazone groups is 1. The van der Waals surface area contributed by atoms with Crippen LogP contribution in [-0.2, 0) is 0 Å². The Morgan fingerprint density at radius 3 is 2.39 bits per heavy atom. The van der Waals surface area contributed by atoms with E-state index in [1.807, 2.05) is 53.5 Å². The zero-order valence-corrected chi connectivity index (χ0v) is 17.3. The normalized spacial score (nSPS) is 16.2. The van der Waals surface area contributed by atoms with Crippen LogP contribution in [0.15, 0.2) is 71.8 Å². The molecule has 0 spiro atoms. The van der Waals surface area contributed by atoms with Gasteiger partial charge in [-0.3, -0.25) is 5.01 Å². The van der Waals surface area contributed by atoms with Crippen molar-refractivity contribution in [3.05, 3.63) is 92.9 Å². The lowest BCUT2D eigenvalue weighted by Gasteiger charge is -2.26. The Hall–Kier alpha value is -2.20. The molecule has 1 atom stereocenters. The summed E-state index contributed by atoms with van der Waals surface area (Å²) in [6.45, 7) is 0. The minimum absolute atomic E-state index is 0.0715. The van der Waals surface area contributed by atoms with Crippen molar-refractivity contribution in [1.82, 2.24) is 0 Å². The zero-order chi connectivity index (χ0) is 19.7. The Balaban J connectivity index is 1.83. The lowest BCUT2D eigenvalue weighted by Crippen LogP contribution is -2.19. The van der Waals surface area contributed by atoms with Crippen molar-refractivity contribution in [2.24, 2.45) is 5.10 Å². The van der Waals surface area contributed by atoms with E-state index in [0.717, 1.165) is 28.3 Å². The lowest BCUT2D eigenvalue weighted by molar-refractivity contribution is 0.405. The molecule has 0 fully saturated rings. The minimum atomic E-state index is -0.0715. The van der Waals surface area contributed by atoms with Crippen LogP contribution in [0.3, 0.4) is 0 Å². The third kappa shape index (κ3) is 3.70. The number of hydrogen-bond donors (Lipinski definition) is 0. The molecule has 0 bridgehead atoms. The van der Waals surface area contributed by atoms with Gasteiger partial charge in [-0.15, -0.1) is 0 Å². The Bertz CT molecular complexity index is 1030. The summed E-state index contributed by atoms with van der Waals surface area (Å²) in [5.41, 5.74) is 3.76. The van der Waals surface area contributed by atoms with E-state index in [4.69, 9.17) is 44.6 Å². The van der Waals surface area contributed by atoms with Gasteiger partial charge in [0.2, 0.25) is 0 Å². The summed E-state index contributed by atoms with van der Waals surface area (Å²) in [6.07, 6.45) is 0.699. The fourth-order valence-electron chi connectivity index (χ4n) is 3.39. The van der Waals surface area contributed by atoms with E-state index in [9.17, 15) is 0 Å². The maximum absolute atomic E-state index is 6.50. The topological polar surface area (TPSA) is 24.8 Å². The molecule has 1 aliphatic heterocycles. The molecule has 6 heteroatoms. The second-order valence-electron chi connectivity index (χ2n) is 6.46. The van der Waals surface area contributed by atoms with Gasteiger partial charge in [0, 0.05) is 22.0 Å². The van der Waals surface area contributed by atoms with Gasteiger partial charge in [-0.25, -0.2) is 0 Å². The summed E-state index contributed by atoms with van der Waals surface area (Å²) in [4.78, 5) is 0. The van der Waals surface area contributed by atoms with Gasteiger partial charge < -0.3 is 4.74 Å². The van der Waals surface area contributed by atoms with Crippen molar-refractivity contribution >= 4 is 46.2 Å². The predicted molar refractivity (Wildman–Crippen MR) is 117 cm³/mol. The van der Waals surface area contributed by atoms with Crippen molar-refractivity contribution in [2.45, 2.75) is 12.5 Å². The predicted octanol–water partition coefficient (Wildman–Crippen LogP) is 7.01. The summed E-state index contributed by atoms with van der Waals surface area (Å²) < 4.78 is 5.60. The van der Waals surface area contributed by atoms with Crippen molar-refractivity contribution in [3.63, 3.8) is 0 Å². The molecule has 0 saturated carbocycles. The summed E-state index contributed by atoms with van der Waals surface area (Å²) in [5, 5.41) is 8.71. The summed E-state index contributed by atoms with van der Waals surface area (Å²) in [6, 6.07) is 21.0. The van der Waals surface area contributed by atoms with Gasteiger partial charge in [0.1, 0.15) is 5.75 Å². The van der Waals surface area contributed by atoms with Gasteiger partial charge in [0.05, 0.1) is 29.6 Å². The molecule has 1 unspecified atom stereocenters. The summed E-state index contributed by atoms with van der Waals surface area (Å²) >= 11 is 18.8. The molecule has 1 heterocycles. The van der Waals surface area contributed by atoms with Gasteiger partial charge in [0.25, 0.3) is 0 Å². The van der Waals surface area contributed by atoms with Gasteiger partial charge in [-0.1, -0.05) is 65.1 Å². The molecule has 0 radical (unpaired) electrons. The van der Waals surface area contributed by atoms with Gasteiger partial charge in [-0.2, -0.15) is 5.10 Å². The fraction of sp³-hybridized carbons (Fsp3) is 0.136. The average molecular weight is 432 g/mol. The Labute approximate surface area is 179 Å². The van der Waals surface area contributed by atoms with Gasteiger partial charge >= 0.3 is 0 Å².